The second-order valence-electron chi connectivity index (χ2n) is 5.62. The summed E-state index contributed by atoms with van der Waals surface area (Å²) in [6.45, 7) is 3.53. The van der Waals surface area contributed by atoms with Crippen molar-refractivity contribution in [2.45, 2.75) is 17.7 Å². The Hall–Kier alpha value is -1.48. The van der Waals surface area contributed by atoms with E-state index in [0.717, 1.165) is 17.0 Å². The average molecular weight is 570 g/mol. The van der Waals surface area contributed by atoms with Crippen molar-refractivity contribution in [3.63, 3.8) is 0 Å². The second-order valence-corrected chi connectivity index (χ2v) is 9.33. The van der Waals surface area contributed by atoms with Crippen LogP contribution < -0.4 is 15.4 Å². The fraction of sp³-hybridized carbons (Fsp3) is 0.312. The van der Waals surface area contributed by atoms with Gasteiger partial charge >= 0.3 is 0 Å². The van der Waals surface area contributed by atoms with Crippen molar-refractivity contribution in [2.24, 2.45) is 4.99 Å². The van der Waals surface area contributed by atoms with Gasteiger partial charge in [-0.3, -0.25) is 4.40 Å². The maximum Gasteiger partial charge on any atom is 0.250 e. The number of nitrogens with one attached hydrogen (secondary N) is 3. The Balaban J connectivity index is 0.00000300. The zero-order valence-electron chi connectivity index (χ0n) is 15.5. The van der Waals surface area contributed by atoms with Crippen molar-refractivity contribution < 1.29 is 8.42 Å². The third-order valence-corrected chi connectivity index (χ3v) is 6.81. The SMILES string of the molecule is CCNC(=NCc1nnc2ccccn12)NCCNS(=O)(=O)c1ccc(Cl)s1.I. The summed E-state index contributed by atoms with van der Waals surface area (Å²) in [6, 6.07) is 8.71. The van der Waals surface area contributed by atoms with E-state index in [1.54, 1.807) is 6.07 Å². The fourth-order valence-corrected chi connectivity index (χ4v) is 4.93. The molecule has 0 aromatic carbocycles. The third-order valence-electron chi connectivity index (χ3n) is 3.63. The Bertz CT molecular complexity index is 1070. The molecule has 0 fully saturated rings. The van der Waals surface area contributed by atoms with E-state index >= 15 is 0 Å². The molecule has 0 saturated heterocycles. The molecule has 3 aromatic rings. The number of hydrogen-bond donors (Lipinski definition) is 3. The van der Waals surface area contributed by atoms with Gasteiger partial charge in [0.1, 0.15) is 10.8 Å². The van der Waals surface area contributed by atoms with E-state index in [1.807, 2.05) is 35.7 Å². The number of sulfonamides is 1. The van der Waals surface area contributed by atoms with E-state index < -0.39 is 10.0 Å². The van der Waals surface area contributed by atoms with Crippen LogP contribution in [0.3, 0.4) is 0 Å². The van der Waals surface area contributed by atoms with E-state index in [-0.39, 0.29) is 34.7 Å². The lowest BCUT2D eigenvalue weighted by Gasteiger charge is -2.11. The summed E-state index contributed by atoms with van der Waals surface area (Å²) >= 11 is 6.81. The summed E-state index contributed by atoms with van der Waals surface area (Å²) in [5, 5.41) is 14.4. The number of rotatable bonds is 8. The summed E-state index contributed by atoms with van der Waals surface area (Å²) < 4.78 is 29.4. The highest BCUT2D eigenvalue weighted by Gasteiger charge is 2.15. The number of nitrogens with zero attached hydrogens (tertiary/aromatic N) is 4. The molecule has 3 N–H and O–H groups in total. The first kappa shape index (κ1) is 23.8. The van der Waals surface area contributed by atoms with Crippen LogP contribution in [-0.4, -0.2) is 48.6 Å². The van der Waals surface area contributed by atoms with Gasteiger partial charge in [-0.15, -0.1) is 45.5 Å². The van der Waals surface area contributed by atoms with E-state index in [9.17, 15) is 8.42 Å². The van der Waals surface area contributed by atoms with Gasteiger partial charge in [-0.1, -0.05) is 17.7 Å². The minimum absolute atomic E-state index is 0. The molecule has 0 saturated carbocycles. The molecule has 0 unspecified atom stereocenters. The van der Waals surface area contributed by atoms with Crippen LogP contribution >= 0.6 is 46.9 Å². The van der Waals surface area contributed by atoms with Crippen LogP contribution in [0, 0.1) is 0 Å². The predicted octanol–water partition coefficient (Wildman–Crippen LogP) is 2.10. The monoisotopic (exact) mass is 569 g/mol. The van der Waals surface area contributed by atoms with E-state index in [0.29, 0.717) is 35.8 Å². The van der Waals surface area contributed by atoms with E-state index in [1.165, 1.54) is 6.07 Å². The molecule has 0 amide bonds. The normalized spacial score (nSPS) is 12.0. The summed E-state index contributed by atoms with van der Waals surface area (Å²) in [6.07, 6.45) is 1.88. The largest absolute Gasteiger partial charge is 0.357 e. The number of thiophene rings is 1. The van der Waals surface area contributed by atoms with Gasteiger partial charge in [0.15, 0.2) is 17.4 Å². The van der Waals surface area contributed by atoms with Gasteiger partial charge in [-0.2, -0.15) is 0 Å². The van der Waals surface area contributed by atoms with Gasteiger partial charge in [-0.25, -0.2) is 18.1 Å². The first-order valence-corrected chi connectivity index (χ1v) is 11.2. The predicted molar refractivity (Wildman–Crippen MR) is 126 cm³/mol. The Labute approximate surface area is 195 Å². The van der Waals surface area contributed by atoms with Gasteiger partial charge in [-0.05, 0) is 31.2 Å². The summed E-state index contributed by atoms with van der Waals surface area (Å²) in [7, 11) is -3.56. The summed E-state index contributed by atoms with van der Waals surface area (Å²) in [5.41, 5.74) is 0.758. The lowest BCUT2D eigenvalue weighted by Crippen LogP contribution is -2.41. The number of halogens is 2. The average Bonchev–Trinajstić information content (AvgIpc) is 3.30. The molecule has 0 atom stereocenters. The number of pyridine rings is 1. The third kappa shape index (κ3) is 6.50. The maximum absolute atomic E-state index is 12.2. The molecule has 29 heavy (non-hydrogen) atoms. The minimum Gasteiger partial charge on any atom is -0.357 e. The number of hydrogen-bond acceptors (Lipinski definition) is 6. The van der Waals surface area contributed by atoms with Crippen LogP contribution in [0.15, 0.2) is 45.7 Å². The van der Waals surface area contributed by atoms with Crippen LogP contribution in [0.5, 0.6) is 0 Å². The smallest absolute Gasteiger partial charge is 0.250 e. The van der Waals surface area contributed by atoms with E-state index in [4.69, 9.17) is 11.6 Å². The van der Waals surface area contributed by atoms with Gasteiger partial charge < -0.3 is 10.6 Å². The number of guanidine groups is 1. The van der Waals surface area contributed by atoms with Crippen LogP contribution in [0.25, 0.3) is 5.65 Å². The van der Waals surface area contributed by atoms with E-state index in [2.05, 4.69) is 30.5 Å². The molecule has 0 radical (unpaired) electrons. The molecule has 13 heteroatoms. The van der Waals surface area contributed by atoms with Crippen molar-refractivity contribution in [1.29, 1.82) is 0 Å². The Kier molecular flexibility index (Phi) is 9.07. The Morgan fingerprint density at radius 1 is 1.21 bits per heavy atom. The lowest BCUT2D eigenvalue weighted by molar-refractivity contribution is 0.582. The van der Waals surface area contributed by atoms with Gasteiger partial charge in [0.2, 0.25) is 10.0 Å². The first-order chi connectivity index (χ1) is 13.5. The van der Waals surface area contributed by atoms with Crippen molar-refractivity contribution in [3.8, 4) is 0 Å². The molecule has 0 aliphatic rings. The Morgan fingerprint density at radius 3 is 2.76 bits per heavy atom. The molecular weight excluding hydrogens is 549 g/mol. The molecule has 9 nitrogen and oxygen atoms in total. The zero-order valence-corrected chi connectivity index (χ0v) is 20.2. The second kappa shape index (κ2) is 11.1. The molecule has 0 bridgehead atoms. The van der Waals surface area contributed by atoms with Gasteiger partial charge in [0.05, 0.1) is 4.34 Å². The molecule has 3 heterocycles. The van der Waals surface area contributed by atoms with Gasteiger partial charge in [0, 0.05) is 25.8 Å². The van der Waals surface area contributed by atoms with Crippen molar-refractivity contribution in [2.75, 3.05) is 19.6 Å². The molecule has 0 aliphatic carbocycles. The number of aliphatic imine (C=N–C) groups is 1. The van der Waals surface area contributed by atoms with Crippen LogP contribution in [0.1, 0.15) is 12.7 Å². The maximum atomic E-state index is 12.2. The standard InChI is InChI=1S/C16H20ClN7O2S2.HI/c1-2-18-16(20-11-14-23-22-13-5-3-4-10-24(13)14)19-8-9-21-28(25,26)15-7-6-12(17)27-15;/h3-7,10,21H,2,8-9,11H2,1H3,(H2,18,19,20);1H. The van der Waals surface area contributed by atoms with Crippen molar-refractivity contribution in [3.05, 3.63) is 46.7 Å². The Morgan fingerprint density at radius 2 is 2.03 bits per heavy atom. The topological polar surface area (TPSA) is 113 Å². The summed E-state index contributed by atoms with van der Waals surface area (Å²) in [4.78, 5) is 4.48. The molecule has 0 aliphatic heterocycles. The highest BCUT2D eigenvalue weighted by Crippen LogP contribution is 2.25. The van der Waals surface area contributed by atoms with Gasteiger partial charge in [0.25, 0.3) is 0 Å². The molecule has 3 rings (SSSR count). The van der Waals surface area contributed by atoms with Crippen LogP contribution in [0.4, 0.5) is 0 Å². The van der Waals surface area contributed by atoms with Crippen molar-refractivity contribution in [1.82, 2.24) is 30.0 Å². The first-order valence-electron chi connectivity index (χ1n) is 8.55. The molecule has 3 aromatic heterocycles. The number of fused-ring (bicyclic) bond motifs is 1. The lowest BCUT2D eigenvalue weighted by atomic mass is 10.4. The zero-order chi connectivity index (χ0) is 20.0. The molecule has 0 spiro atoms. The fourth-order valence-electron chi connectivity index (χ4n) is 2.37. The number of aromatic nitrogens is 3. The molecular formula is C16H21ClIN7O2S2. The summed E-state index contributed by atoms with van der Waals surface area (Å²) in [5.74, 6) is 1.27. The quantitative estimate of drug-likeness (QED) is 0.166. The highest BCUT2D eigenvalue weighted by molar-refractivity contribution is 14.0. The minimum atomic E-state index is -3.56. The van der Waals surface area contributed by atoms with Crippen molar-refractivity contribution >= 4 is 68.5 Å². The van der Waals surface area contributed by atoms with Crippen LogP contribution in [0.2, 0.25) is 4.34 Å². The van der Waals surface area contributed by atoms with Crippen LogP contribution in [-0.2, 0) is 16.6 Å². The molecule has 158 valence electrons. The highest BCUT2D eigenvalue weighted by atomic mass is 127.